The van der Waals surface area contributed by atoms with E-state index in [4.69, 9.17) is 0 Å². The van der Waals surface area contributed by atoms with Gasteiger partial charge < -0.3 is 9.84 Å². The fourth-order valence-electron chi connectivity index (χ4n) is 1.60. The van der Waals surface area contributed by atoms with Crippen molar-refractivity contribution < 1.29 is 19.4 Å². The fraction of sp³-hybridized carbons (Fsp3) is 0.286. The van der Waals surface area contributed by atoms with Crippen LogP contribution in [0.1, 0.15) is 22.3 Å². The van der Waals surface area contributed by atoms with Crippen molar-refractivity contribution in [1.82, 2.24) is 0 Å². The molecule has 0 saturated heterocycles. The number of aryl methyl sites for hydroxylation is 3. The zero-order valence-electron chi connectivity index (χ0n) is 10.9. The highest BCUT2D eigenvalue weighted by Crippen LogP contribution is 2.21. The standard InChI is InChI=1S/C14H16O4/c1-8-5-10(3)11(6-9(8)2)12(15)7-13(16)14(17)18-4/h5-7,15H,1-4H3. The summed E-state index contributed by atoms with van der Waals surface area (Å²) in [4.78, 5) is 22.3. The maximum Gasteiger partial charge on any atom is 0.378 e. The molecule has 0 atom stereocenters. The molecule has 0 fully saturated rings. The van der Waals surface area contributed by atoms with Gasteiger partial charge in [0.1, 0.15) is 5.76 Å². The molecule has 1 rings (SSSR count). The molecular weight excluding hydrogens is 232 g/mol. The molecule has 0 aliphatic rings. The van der Waals surface area contributed by atoms with Crippen molar-refractivity contribution >= 4 is 17.5 Å². The van der Waals surface area contributed by atoms with Crippen molar-refractivity contribution in [3.63, 3.8) is 0 Å². The van der Waals surface area contributed by atoms with Crippen molar-refractivity contribution in [1.29, 1.82) is 0 Å². The molecule has 96 valence electrons. The molecule has 0 radical (unpaired) electrons. The second-order valence-electron chi connectivity index (χ2n) is 4.14. The van der Waals surface area contributed by atoms with Crippen molar-refractivity contribution in [3.05, 3.63) is 40.5 Å². The number of methoxy groups -OCH3 is 1. The summed E-state index contributed by atoms with van der Waals surface area (Å²) in [5.74, 6) is -2.11. The Kier molecular flexibility index (Phi) is 4.26. The molecule has 0 aliphatic carbocycles. The number of rotatable bonds is 3. The number of hydrogen-bond acceptors (Lipinski definition) is 4. The molecule has 0 saturated carbocycles. The maximum atomic E-state index is 11.3. The summed E-state index contributed by atoms with van der Waals surface area (Å²) < 4.78 is 4.28. The van der Waals surface area contributed by atoms with Gasteiger partial charge in [-0.3, -0.25) is 4.79 Å². The Hall–Kier alpha value is -2.10. The summed E-state index contributed by atoms with van der Waals surface area (Å²) in [6.07, 6.45) is 0.878. The Morgan fingerprint density at radius 3 is 2.22 bits per heavy atom. The largest absolute Gasteiger partial charge is 0.507 e. The number of carbonyl (C=O) groups is 2. The van der Waals surface area contributed by atoms with Gasteiger partial charge in [-0.2, -0.15) is 0 Å². The van der Waals surface area contributed by atoms with E-state index in [1.807, 2.05) is 26.8 Å². The summed E-state index contributed by atoms with van der Waals surface area (Å²) in [5.41, 5.74) is 3.48. The quantitative estimate of drug-likeness (QED) is 0.385. The van der Waals surface area contributed by atoms with Crippen LogP contribution in [0.3, 0.4) is 0 Å². The third kappa shape index (κ3) is 2.97. The van der Waals surface area contributed by atoms with Crippen LogP contribution in [-0.4, -0.2) is 24.0 Å². The molecule has 1 aromatic rings. The summed E-state index contributed by atoms with van der Waals surface area (Å²) in [5, 5.41) is 9.86. The van der Waals surface area contributed by atoms with Gasteiger partial charge in [-0.05, 0) is 43.5 Å². The van der Waals surface area contributed by atoms with Gasteiger partial charge in [0.05, 0.1) is 7.11 Å². The molecule has 4 nitrogen and oxygen atoms in total. The average Bonchev–Trinajstić information content (AvgIpc) is 2.32. The molecular formula is C14H16O4. The Bertz CT molecular complexity index is 527. The normalized spacial score (nSPS) is 11.2. The second kappa shape index (κ2) is 5.49. The van der Waals surface area contributed by atoms with Gasteiger partial charge in [-0.15, -0.1) is 0 Å². The lowest BCUT2D eigenvalue weighted by Crippen LogP contribution is -2.13. The molecule has 0 unspecified atom stereocenters. The van der Waals surface area contributed by atoms with E-state index in [1.165, 1.54) is 0 Å². The van der Waals surface area contributed by atoms with E-state index in [9.17, 15) is 14.7 Å². The molecule has 1 aromatic carbocycles. The highest BCUT2D eigenvalue weighted by atomic mass is 16.5. The molecule has 18 heavy (non-hydrogen) atoms. The van der Waals surface area contributed by atoms with Gasteiger partial charge in [0, 0.05) is 11.6 Å². The lowest BCUT2D eigenvalue weighted by atomic mass is 9.99. The van der Waals surface area contributed by atoms with Crippen LogP contribution in [0.15, 0.2) is 18.2 Å². The summed E-state index contributed by atoms with van der Waals surface area (Å²) in [6, 6.07) is 3.69. The van der Waals surface area contributed by atoms with Crippen LogP contribution < -0.4 is 0 Å². The number of aliphatic hydroxyl groups is 1. The first kappa shape index (κ1) is 14.0. The van der Waals surface area contributed by atoms with Crippen LogP contribution in [0.25, 0.3) is 5.76 Å². The first-order chi connectivity index (χ1) is 8.36. The summed E-state index contributed by atoms with van der Waals surface area (Å²) in [7, 11) is 1.12. The van der Waals surface area contributed by atoms with E-state index in [1.54, 1.807) is 6.07 Å². The van der Waals surface area contributed by atoms with Gasteiger partial charge in [-0.1, -0.05) is 6.07 Å². The number of aliphatic hydroxyl groups excluding tert-OH is 1. The van der Waals surface area contributed by atoms with Crippen LogP contribution >= 0.6 is 0 Å². The lowest BCUT2D eigenvalue weighted by molar-refractivity contribution is -0.149. The van der Waals surface area contributed by atoms with Crippen LogP contribution in [0.5, 0.6) is 0 Å². The highest BCUT2D eigenvalue weighted by Gasteiger charge is 2.14. The molecule has 0 amide bonds. The SMILES string of the molecule is COC(=O)C(=O)C=C(O)c1cc(C)c(C)cc1C. The zero-order chi connectivity index (χ0) is 13.9. The maximum absolute atomic E-state index is 11.3. The summed E-state index contributed by atoms with van der Waals surface area (Å²) >= 11 is 0. The lowest BCUT2D eigenvalue weighted by Gasteiger charge is -2.08. The molecule has 0 heterocycles. The average molecular weight is 248 g/mol. The van der Waals surface area contributed by atoms with E-state index in [-0.39, 0.29) is 5.76 Å². The molecule has 0 spiro atoms. The predicted molar refractivity (Wildman–Crippen MR) is 68.3 cm³/mol. The van der Waals surface area contributed by atoms with Crippen LogP contribution in [0, 0.1) is 20.8 Å². The molecule has 0 bridgehead atoms. The molecule has 1 N–H and O–H groups in total. The number of ketones is 1. The Morgan fingerprint density at radius 1 is 1.11 bits per heavy atom. The molecule has 0 aromatic heterocycles. The third-order valence-corrected chi connectivity index (χ3v) is 2.77. The fourth-order valence-corrected chi connectivity index (χ4v) is 1.60. The van der Waals surface area contributed by atoms with E-state index < -0.39 is 11.8 Å². The van der Waals surface area contributed by atoms with Gasteiger partial charge in [-0.25, -0.2) is 4.79 Å². The van der Waals surface area contributed by atoms with Crippen molar-refractivity contribution in [2.45, 2.75) is 20.8 Å². The van der Waals surface area contributed by atoms with E-state index >= 15 is 0 Å². The molecule has 0 aliphatic heterocycles. The minimum atomic E-state index is -0.997. The van der Waals surface area contributed by atoms with Gasteiger partial charge in [0.15, 0.2) is 0 Å². The minimum Gasteiger partial charge on any atom is -0.507 e. The topological polar surface area (TPSA) is 63.6 Å². The first-order valence-electron chi connectivity index (χ1n) is 5.48. The van der Waals surface area contributed by atoms with Crippen LogP contribution in [-0.2, 0) is 14.3 Å². The van der Waals surface area contributed by atoms with E-state index in [2.05, 4.69) is 4.74 Å². The van der Waals surface area contributed by atoms with Crippen molar-refractivity contribution in [2.75, 3.05) is 7.11 Å². The van der Waals surface area contributed by atoms with Crippen LogP contribution in [0.4, 0.5) is 0 Å². The molecule has 4 heteroatoms. The number of ether oxygens (including phenoxy) is 1. The number of benzene rings is 1. The predicted octanol–water partition coefficient (Wildman–Crippen LogP) is 2.25. The smallest absolute Gasteiger partial charge is 0.378 e. The van der Waals surface area contributed by atoms with Gasteiger partial charge in [0.25, 0.3) is 5.78 Å². The van der Waals surface area contributed by atoms with Gasteiger partial charge in [0.2, 0.25) is 0 Å². The Morgan fingerprint density at radius 2 is 1.67 bits per heavy atom. The van der Waals surface area contributed by atoms with Crippen molar-refractivity contribution in [2.24, 2.45) is 0 Å². The van der Waals surface area contributed by atoms with E-state index in [0.29, 0.717) is 5.56 Å². The Balaban J connectivity index is 3.15. The Labute approximate surface area is 106 Å². The highest BCUT2D eigenvalue weighted by molar-refractivity contribution is 6.39. The minimum absolute atomic E-state index is 0.231. The van der Waals surface area contributed by atoms with Crippen LogP contribution in [0.2, 0.25) is 0 Å². The third-order valence-electron chi connectivity index (χ3n) is 2.77. The van der Waals surface area contributed by atoms with E-state index in [0.717, 1.165) is 29.9 Å². The van der Waals surface area contributed by atoms with Gasteiger partial charge >= 0.3 is 5.97 Å². The zero-order valence-corrected chi connectivity index (χ0v) is 10.9. The van der Waals surface area contributed by atoms with Crippen molar-refractivity contribution in [3.8, 4) is 0 Å². The summed E-state index contributed by atoms with van der Waals surface area (Å²) in [6.45, 7) is 5.70. The monoisotopic (exact) mass is 248 g/mol. The first-order valence-corrected chi connectivity index (χ1v) is 5.48. The number of hydrogen-bond donors (Lipinski definition) is 1. The second-order valence-corrected chi connectivity index (χ2v) is 4.14. The number of carbonyl (C=O) groups excluding carboxylic acids is 2. The number of esters is 1.